The van der Waals surface area contributed by atoms with E-state index < -0.39 is 52.9 Å². The number of allylic oxidation sites excluding steroid dienone is 1. The van der Waals surface area contributed by atoms with E-state index in [4.69, 9.17) is 9.47 Å². The van der Waals surface area contributed by atoms with Crippen molar-refractivity contribution >= 4 is 12.3 Å². The molecule has 0 aromatic heterocycles. The van der Waals surface area contributed by atoms with Crippen LogP contribution in [-0.4, -0.2) is 70.0 Å². The van der Waals surface area contributed by atoms with Crippen molar-refractivity contribution in [3.05, 3.63) is 11.6 Å². The summed E-state index contributed by atoms with van der Waals surface area (Å²) in [5.74, 6) is -0.472. The van der Waals surface area contributed by atoms with Crippen LogP contribution < -0.4 is 0 Å². The Hall–Kier alpha value is -1.32. The van der Waals surface area contributed by atoms with Crippen LogP contribution in [0, 0.1) is 45.8 Å². The molecule has 34 heavy (non-hydrogen) atoms. The topological polar surface area (TPSA) is 134 Å². The summed E-state index contributed by atoms with van der Waals surface area (Å²) in [6.45, 7) is 7.76. The van der Waals surface area contributed by atoms with Gasteiger partial charge in [-0.3, -0.25) is 4.79 Å². The lowest BCUT2D eigenvalue weighted by atomic mass is 9.43. The fraction of sp³-hybridized carbons (Fsp3) is 0.846. The Morgan fingerprint density at radius 2 is 1.88 bits per heavy atom. The van der Waals surface area contributed by atoms with Crippen LogP contribution >= 0.6 is 0 Å². The van der Waals surface area contributed by atoms with Crippen molar-refractivity contribution < 1.29 is 39.5 Å². The fourth-order valence-corrected chi connectivity index (χ4v) is 9.02. The molecule has 4 fully saturated rings. The number of fused-ring (bicyclic) bond motifs is 2. The van der Waals surface area contributed by atoms with E-state index in [0.29, 0.717) is 18.8 Å². The first-order valence-electron chi connectivity index (χ1n) is 12.7. The molecule has 0 radical (unpaired) electrons. The molecule has 0 amide bonds. The Kier molecular flexibility index (Phi) is 5.62. The number of hydrogen-bond acceptors (Lipinski definition) is 7. The Balaban J connectivity index is 1.59. The number of carboxylic acids is 1. The first-order chi connectivity index (χ1) is 16.0. The SMILES string of the molecule is CC(C)C1=CC2CC3(C=O)C4CCC(C)C4CC2(CO[C@@H]2O[C@H](C)[C@@H](O)[C@@H](O)[C@@H]2O)C13C(=O)O. The number of ether oxygens (including phenoxy) is 2. The molecule has 5 rings (SSSR count). The average Bonchev–Trinajstić information content (AvgIpc) is 3.36. The Morgan fingerprint density at radius 1 is 1.18 bits per heavy atom. The van der Waals surface area contributed by atoms with Gasteiger partial charge in [0.15, 0.2) is 6.29 Å². The molecule has 1 heterocycles. The number of aldehydes is 1. The molecule has 8 nitrogen and oxygen atoms in total. The minimum atomic E-state index is -1.46. The van der Waals surface area contributed by atoms with E-state index in [2.05, 4.69) is 13.0 Å². The molecular weight excluding hydrogens is 440 g/mol. The van der Waals surface area contributed by atoms with Crippen LogP contribution in [0.3, 0.4) is 0 Å². The number of carbonyl (C=O) groups is 2. The van der Waals surface area contributed by atoms with E-state index in [0.717, 1.165) is 24.7 Å². The first kappa shape index (κ1) is 24.4. The van der Waals surface area contributed by atoms with Crippen molar-refractivity contribution in [2.24, 2.45) is 45.8 Å². The van der Waals surface area contributed by atoms with Crippen LogP contribution in [0.4, 0.5) is 0 Å². The predicted molar refractivity (Wildman–Crippen MR) is 120 cm³/mol. The maximum absolute atomic E-state index is 13.4. The van der Waals surface area contributed by atoms with Gasteiger partial charge in [0.25, 0.3) is 0 Å². The smallest absolute Gasteiger partial charge is 0.315 e. The monoisotopic (exact) mass is 478 g/mol. The predicted octanol–water partition coefficient (Wildman–Crippen LogP) is 1.76. The first-order valence-corrected chi connectivity index (χ1v) is 12.7. The summed E-state index contributed by atoms with van der Waals surface area (Å²) >= 11 is 0. The zero-order valence-corrected chi connectivity index (χ0v) is 20.4. The van der Waals surface area contributed by atoms with Crippen LogP contribution in [0.5, 0.6) is 0 Å². The third-order valence-corrected chi connectivity index (χ3v) is 10.4. The average molecular weight is 479 g/mol. The van der Waals surface area contributed by atoms with E-state index in [1.54, 1.807) is 6.92 Å². The Labute approximate surface area is 200 Å². The molecule has 4 N–H and O–H groups in total. The molecule has 12 atom stereocenters. The third kappa shape index (κ3) is 2.67. The lowest BCUT2D eigenvalue weighted by Gasteiger charge is -2.58. The minimum Gasteiger partial charge on any atom is -0.481 e. The van der Waals surface area contributed by atoms with Crippen LogP contribution in [0.25, 0.3) is 0 Å². The van der Waals surface area contributed by atoms with Crippen molar-refractivity contribution in [2.45, 2.75) is 84.1 Å². The third-order valence-electron chi connectivity index (χ3n) is 10.4. The molecule has 7 unspecified atom stereocenters. The number of carboxylic acid groups (broad SMARTS) is 1. The van der Waals surface area contributed by atoms with Crippen molar-refractivity contribution in [3.8, 4) is 0 Å². The molecule has 0 aromatic carbocycles. The second-order valence-electron chi connectivity index (χ2n) is 12.0. The molecule has 0 spiro atoms. The van der Waals surface area contributed by atoms with Gasteiger partial charge in [-0.15, -0.1) is 0 Å². The molecule has 190 valence electrons. The number of aliphatic hydroxyl groups excluding tert-OH is 3. The lowest BCUT2D eigenvalue weighted by Crippen LogP contribution is -2.64. The van der Waals surface area contributed by atoms with E-state index in [1.165, 1.54) is 0 Å². The van der Waals surface area contributed by atoms with Gasteiger partial charge in [0, 0.05) is 5.41 Å². The number of hydrogen-bond donors (Lipinski definition) is 4. The number of rotatable bonds is 6. The van der Waals surface area contributed by atoms with Gasteiger partial charge < -0.3 is 34.7 Å². The van der Waals surface area contributed by atoms with Gasteiger partial charge >= 0.3 is 5.97 Å². The summed E-state index contributed by atoms with van der Waals surface area (Å²) in [6.07, 6.45) is -0.0313. The summed E-state index contributed by atoms with van der Waals surface area (Å²) in [5, 5.41) is 41.8. The summed E-state index contributed by atoms with van der Waals surface area (Å²) in [6, 6.07) is 0. The van der Waals surface area contributed by atoms with E-state index >= 15 is 0 Å². The Morgan fingerprint density at radius 3 is 2.50 bits per heavy atom. The van der Waals surface area contributed by atoms with Gasteiger partial charge in [-0.25, -0.2) is 0 Å². The van der Waals surface area contributed by atoms with Gasteiger partial charge in [0.1, 0.15) is 30.0 Å². The normalized spacial score (nSPS) is 53.6. The van der Waals surface area contributed by atoms with E-state index in [-0.39, 0.29) is 30.3 Å². The molecule has 1 aliphatic heterocycles. The molecule has 8 heteroatoms. The maximum Gasteiger partial charge on any atom is 0.315 e. The van der Waals surface area contributed by atoms with Gasteiger partial charge in [0.2, 0.25) is 0 Å². The second kappa shape index (κ2) is 7.84. The summed E-state index contributed by atoms with van der Waals surface area (Å²) < 4.78 is 11.8. The van der Waals surface area contributed by atoms with Crippen molar-refractivity contribution in [1.82, 2.24) is 0 Å². The summed E-state index contributed by atoms with van der Waals surface area (Å²) in [7, 11) is 0. The summed E-state index contributed by atoms with van der Waals surface area (Å²) in [4.78, 5) is 26.4. The highest BCUT2D eigenvalue weighted by molar-refractivity contribution is 5.90. The minimum absolute atomic E-state index is 0.000517. The molecular formula is C26H38O8. The van der Waals surface area contributed by atoms with Crippen LogP contribution in [0.2, 0.25) is 0 Å². The molecule has 4 aliphatic carbocycles. The summed E-state index contributed by atoms with van der Waals surface area (Å²) in [5.41, 5.74) is -2.37. The quantitative estimate of drug-likeness (QED) is 0.335. The zero-order chi connectivity index (χ0) is 24.8. The zero-order valence-electron chi connectivity index (χ0n) is 20.4. The van der Waals surface area contributed by atoms with E-state index in [1.807, 2.05) is 13.8 Å². The van der Waals surface area contributed by atoms with Crippen LogP contribution in [0.15, 0.2) is 11.6 Å². The molecule has 3 saturated carbocycles. The van der Waals surface area contributed by atoms with Gasteiger partial charge in [-0.1, -0.05) is 38.8 Å². The van der Waals surface area contributed by atoms with Crippen LogP contribution in [-0.2, 0) is 19.1 Å². The van der Waals surface area contributed by atoms with Gasteiger partial charge in [-0.05, 0) is 55.8 Å². The van der Waals surface area contributed by atoms with Crippen molar-refractivity contribution in [3.63, 3.8) is 0 Å². The second-order valence-corrected chi connectivity index (χ2v) is 12.0. The van der Waals surface area contributed by atoms with Crippen LogP contribution in [0.1, 0.15) is 53.4 Å². The van der Waals surface area contributed by atoms with Gasteiger partial charge in [0.05, 0.1) is 18.1 Å². The van der Waals surface area contributed by atoms with E-state index in [9.17, 15) is 30.0 Å². The maximum atomic E-state index is 13.4. The molecule has 1 saturated heterocycles. The molecule has 4 bridgehead atoms. The fourth-order valence-electron chi connectivity index (χ4n) is 9.02. The highest BCUT2D eigenvalue weighted by Gasteiger charge is 2.84. The highest BCUT2D eigenvalue weighted by atomic mass is 16.7. The molecule has 5 aliphatic rings. The van der Waals surface area contributed by atoms with Crippen molar-refractivity contribution in [2.75, 3.05) is 6.61 Å². The number of aliphatic hydroxyl groups is 3. The molecule has 0 aromatic rings. The largest absolute Gasteiger partial charge is 0.481 e. The standard InChI is InChI=1S/C26H38O8/c1-12(2)18-7-15-8-24(10-27)17-6-5-13(3)16(17)9-25(15,26(18,24)23(31)32)11-33-22-21(30)20(29)19(28)14(4)34-22/h7,10,12-17,19-22,28-30H,5-6,8-9,11H2,1-4H3,(H,31,32)/t13?,14-,15?,16?,17?,19-,20-,21+,22-,24?,25?,26?/m1/s1. The lowest BCUT2D eigenvalue weighted by molar-refractivity contribution is -0.304. The van der Waals surface area contributed by atoms with Crippen molar-refractivity contribution in [1.29, 1.82) is 0 Å². The number of carbonyl (C=O) groups excluding carboxylic acids is 1. The Bertz CT molecular complexity index is 901. The highest BCUT2D eigenvalue weighted by Crippen LogP contribution is 2.82. The van der Waals surface area contributed by atoms with Gasteiger partial charge in [-0.2, -0.15) is 0 Å². The number of aliphatic carboxylic acids is 1.